The predicted octanol–water partition coefficient (Wildman–Crippen LogP) is -0.216. The van der Waals surface area contributed by atoms with E-state index in [1.807, 2.05) is 0 Å². The Labute approximate surface area is 91.6 Å². The molecule has 0 spiro atoms. The fraction of sp³-hybridized carbons (Fsp3) is 0.286. The van der Waals surface area contributed by atoms with Gasteiger partial charge in [0.25, 0.3) is 15.9 Å². The maximum absolute atomic E-state index is 11.7. The third-order valence-electron chi connectivity index (χ3n) is 1.70. The Morgan fingerprint density at radius 1 is 1.44 bits per heavy atom. The number of amides is 1. The Balaban J connectivity index is 3.33. The van der Waals surface area contributed by atoms with Gasteiger partial charge in [-0.3, -0.25) is 0 Å². The zero-order chi connectivity index (χ0) is 12.3. The molecule has 0 aliphatic carbocycles. The average Bonchev–Trinajstić information content (AvgIpc) is 2.27. The van der Waals surface area contributed by atoms with Crippen molar-refractivity contribution in [1.29, 1.82) is 0 Å². The number of carbonyl (C=O) groups is 1. The van der Waals surface area contributed by atoms with Crippen LogP contribution >= 0.6 is 0 Å². The molecular formula is C7H9N3O5S. The molecule has 0 unspecified atom stereocenters. The molecule has 1 N–H and O–H groups in total. The fourth-order valence-corrected chi connectivity index (χ4v) is 1.88. The number of sulfonamides is 1. The molecule has 1 amide bonds. The number of hydrogen-bond acceptors (Lipinski definition) is 6. The van der Waals surface area contributed by atoms with Crippen LogP contribution < -0.4 is 4.74 Å². The molecule has 0 saturated carbocycles. The largest absolute Gasteiger partial charge is 0.479 e. The van der Waals surface area contributed by atoms with E-state index in [0.717, 1.165) is 13.2 Å². The minimum absolute atomic E-state index is 0.138. The number of ether oxygens (including phenoxy) is 1. The van der Waals surface area contributed by atoms with Crippen LogP contribution in [-0.4, -0.2) is 48.0 Å². The summed E-state index contributed by atoms with van der Waals surface area (Å²) in [5, 5.41) is 8.06. The Hall–Kier alpha value is -1.90. The Morgan fingerprint density at radius 3 is 2.50 bits per heavy atom. The van der Waals surface area contributed by atoms with Gasteiger partial charge in [0.05, 0.1) is 7.11 Å². The Bertz CT molecular complexity index is 500. The lowest BCUT2D eigenvalue weighted by Gasteiger charge is -2.13. The minimum atomic E-state index is -4.25. The second-order valence-electron chi connectivity index (χ2n) is 2.63. The number of hydrogen-bond donors (Lipinski definition) is 1. The molecule has 0 atom stereocenters. The third-order valence-corrected chi connectivity index (χ3v) is 3.35. The van der Waals surface area contributed by atoms with E-state index in [4.69, 9.17) is 5.11 Å². The van der Waals surface area contributed by atoms with Crippen LogP contribution in [0.1, 0.15) is 0 Å². The normalized spacial score (nSPS) is 10.9. The fourth-order valence-electron chi connectivity index (χ4n) is 0.862. The Morgan fingerprint density at radius 2 is 2.00 bits per heavy atom. The van der Waals surface area contributed by atoms with E-state index in [9.17, 15) is 13.2 Å². The number of methoxy groups -OCH3 is 1. The lowest BCUT2D eigenvalue weighted by atomic mass is 10.7. The molecule has 1 aromatic heterocycles. The van der Waals surface area contributed by atoms with Crippen LogP contribution in [0.25, 0.3) is 0 Å². The van der Waals surface area contributed by atoms with E-state index in [0.29, 0.717) is 0 Å². The molecule has 0 aliphatic rings. The van der Waals surface area contributed by atoms with Crippen LogP contribution in [0.2, 0.25) is 0 Å². The van der Waals surface area contributed by atoms with Gasteiger partial charge in [-0.25, -0.2) is 19.1 Å². The molecule has 1 rings (SSSR count). The van der Waals surface area contributed by atoms with Crippen molar-refractivity contribution >= 4 is 16.1 Å². The van der Waals surface area contributed by atoms with Crippen molar-refractivity contribution in [3.05, 3.63) is 12.4 Å². The number of nitrogens with zero attached hydrogens (tertiary/aromatic N) is 3. The lowest BCUT2D eigenvalue weighted by molar-refractivity contribution is 0.178. The summed E-state index contributed by atoms with van der Waals surface area (Å²) < 4.78 is 28.3. The summed E-state index contributed by atoms with van der Waals surface area (Å²) in [5.41, 5.74) is 0. The van der Waals surface area contributed by atoms with Crippen LogP contribution in [0.4, 0.5) is 4.79 Å². The molecule has 1 aromatic rings. The quantitative estimate of drug-likeness (QED) is 0.786. The molecule has 88 valence electrons. The highest BCUT2D eigenvalue weighted by molar-refractivity contribution is 7.89. The molecule has 8 nitrogen and oxygen atoms in total. The second-order valence-corrected chi connectivity index (χ2v) is 4.51. The molecule has 0 fully saturated rings. The van der Waals surface area contributed by atoms with Gasteiger partial charge in [-0.1, -0.05) is 0 Å². The van der Waals surface area contributed by atoms with Gasteiger partial charge in [0.1, 0.15) is 0 Å². The van der Waals surface area contributed by atoms with Gasteiger partial charge in [0.2, 0.25) is 5.03 Å². The molecule has 0 saturated heterocycles. The number of carboxylic acid groups (broad SMARTS) is 1. The summed E-state index contributed by atoms with van der Waals surface area (Å²) in [5.74, 6) is -0.254. The maximum atomic E-state index is 11.7. The van der Waals surface area contributed by atoms with Crippen LogP contribution in [-0.2, 0) is 10.0 Å². The van der Waals surface area contributed by atoms with Crippen LogP contribution in [0.15, 0.2) is 17.4 Å². The lowest BCUT2D eigenvalue weighted by Crippen LogP contribution is -2.32. The minimum Gasteiger partial charge on any atom is -0.479 e. The smallest absolute Gasteiger partial charge is 0.421 e. The van der Waals surface area contributed by atoms with Crippen molar-refractivity contribution in [2.24, 2.45) is 0 Å². The first-order valence-electron chi connectivity index (χ1n) is 3.98. The summed E-state index contributed by atoms with van der Waals surface area (Å²) >= 11 is 0. The zero-order valence-electron chi connectivity index (χ0n) is 8.48. The summed E-state index contributed by atoms with van der Waals surface area (Å²) in [6.45, 7) is 0. The van der Waals surface area contributed by atoms with Crippen molar-refractivity contribution in [2.75, 3.05) is 14.2 Å². The summed E-state index contributed by atoms with van der Waals surface area (Å²) in [7, 11) is -2.14. The molecule has 0 aromatic carbocycles. The van der Waals surface area contributed by atoms with Crippen LogP contribution in [0, 0.1) is 0 Å². The first-order chi connectivity index (χ1) is 7.41. The first-order valence-corrected chi connectivity index (χ1v) is 5.42. The van der Waals surface area contributed by atoms with E-state index in [1.165, 1.54) is 13.3 Å². The molecule has 9 heteroatoms. The maximum Gasteiger partial charge on any atom is 0.421 e. The van der Waals surface area contributed by atoms with Crippen LogP contribution in [0.3, 0.4) is 0 Å². The van der Waals surface area contributed by atoms with Crippen molar-refractivity contribution < 1.29 is 23.1 Å². The van der Waals surface area contributed by atoms with Gasteiger partial charge in [-0.05, 0) is 0 Å². The van der Waals surface area contributed by atoms with Gasteiger partial charge >= 0.3 is 6.09 Å². The van der Waals surface area contributed by atoms with Crippen LogP contribution in [0.5, 0.6) is 5.88 Å². The summed E-state index contributed by atoms with van der Waals surface area (Å²) in [6.07, 6.45) is 0.747. The van der Waals surface area contributed by atoms with E-state index < -0.39 is 21.1 Å². The van der Waals surface area contributed by atoms with Crippen molar-refractivity contribution in [1.82, 2.24) is 14.3 Å². The van der Waals surface area contributed by atoms with Crippen molar-refractivity contribution in [3.63, 3.8) is 0 Å². The van der Waals surface area contributed by atoms with E-state index in [2.05, 4.69) is 14.7 Å². The third kappa shape index (κ3) is 2.03. The highest BCUT2D eigenvalue weighted by Crippen LogP contribution is 2.20. The SMILES string of the molecule is COc1nccnc1S(=O)(=O)N(C)C(=O)O. The molecular weight excluding hydrogens is 238 g/mol. The zero-order valence-corrected chi connectivity index (χ0v) is 9.30. The first kappa shape index (κ1) is 12.2. The standard InChI is InChI=1S/C7H9N3O5S/c1-10(7(11)12)16(13,14)6-5(15-2)8-3-4-9-6/h3-4H,1-2H3,(H,11,12). The second kappa shape index (κ2) is 4.31. The van der Waals surface area contributed by atoms with Gasteiger partial charge in [0.15, 0.2) is 0 Å². The van der Waals surface area contributed by atoms with E-state index in [1.54, 1.807) is 0 Å². The topological polar surface area (TPSA) is 110 Å². The predicted molar refractivity (Wildman–Crippen MR) is 51.6 cm³/mol. The van der Waals surface area contributed by atoms with E-state index in [-0.39, 0.29) is 10.2 Å². The van der Waals surface area contributed by atoms with Gasteiger partial charge in [0, 0.05) is 19.4 Å². The highest BCUT2D eigenvalue weighted by Gasteiger charge is 2.30. The van der Waals surface area contributed by atoms with Crippen molar-refractivity contribution in [3.8, 4) is 5.88 Å². The van der Waals surface area contributed by atoms with Crippen molar-refractivity contribution in [2.45, 2.75) is 5.03 Å². The van der Waals surface area contributed by atoms with Gasteiger partial charge in [-0.2, -0.15) is 8.42 Å². The molecule has 16 heavy (non-hydrogen) atoms. The highest BCUT2D eigenvalue weighted by atomic mass is 32.2. The molecule has 0 bridgehead atoms. The summed E-state index contributed by atoms with van der Waals surface area (Å²) in [4.78, 5) is 17.7. The van der Waals surface area contributed by atoms with Gasteiger partial charge in [-0.15, -0.1) is 0 Å². The molecule has 0 radical (unpaired) electrons. The molecule has 0 aliphatic heterocycles. The number of rotatable bonds is 3. The van der Waals surface area contributed by atoms with E-state index >= 15 is 0 Å². The average molecular weight is 247 g/mol. The Kier molecular flexibility index (Phi) is 3.28. The summed E-state index contributed by atoms with van der Waals surface area (Å²) in [6, 6.07) is 0. The number of aromatic nitrogens is 2. The van der Waals surface area contributed by atoms with Gasteiger partial charge < -0.3 is 9.84 Å². The molecule has 1 heterocycles. The monoisotopic (exact) mass is 247 g/mol.